The van der Waals surface area contributed by atoms with Gasteiger partial charge in [0, 0.05) is 36.6 Å². The van der Waals surface area contributed by atoms with Gasteiger partial charge in [-0.3, -0.25) is 4.79 Å². The van der Waals surface area contributed by atoms with E-state index in [1.54, 1.807) is 25.0 Å². The van der Waals surface area contributed by atoms with Crippen LogP contribution >= 0.6 is 0 Å². The van der Waals surface area contributed by atoms with Crippen molar-refractivity contribution in [1.82, 2.24) is 19.9 Å². The minimum atomic E-state index is 0.138. The number of hydrogen-bond donors (Lipinski definition) is 2. The lowest BCUT2D eigenvalue weighted by molar-refractivity contribution is -0.117. The molecule has 0 amide bonds. The van der Waals surface area contributed by atoms with E-state index in [4.69, 9.17) is 0 Å². The van der Waals surface area contributed by atoms with Crippen molar-refractivity contribution in [2.75, 3.05) is 0 Å². The highest BCUT2D eigenvalue weighted by Crippen LogP contribution is 1.99. The Labute approximate surface area is 80.6 Å². The first-order valence-corrected chi connectivity index (χ1v) is 4.31. The average molecular weight is 190 g/mol. The van der Waals surface area contributed by atoms with Crippen LogP contribution in [0.2, 0.25) is 0 Å². The van der Waals surface area contributed by atoms with Gasteiger partial charge in [0.2, 0.25) is 0 Å². The fourth-order valence-corrected chi connectivity index (χ4v) is 1.25. The van der Waals surface area contributed by atoms with E-state index in [0.717, 1.165) is 11.4 Å². The van der Waals surface area contributed by atoms with Crippen LogP contribution in [-0.4, -0.2) is 25.7 Å². The van der Waals surface area contributed by atoms with Gasteiger partial charge >= 0.3 is 0 Å². The Balaban J connectivity index is 1.91. The normalized spacial score (nSPS) is 10.3. The van der Waals surface area contributed by atoms with Crippen molar-refractivity contribution in [2.45, 2.75) is 12.8 Å². The van der Waals surface area contributed by atoms with Gasteiger partial charge in [0.25, 0.3) is 0 Å². The maximum Gasteiger partial charge on any atom is 0.144 e. The van der Waals surface area contributed by atoms with Crippen LogP contribution in [0.3, 0.4) is 0 Å². The second-order valence-electron chi connectivity index (χ2n) is 3.05. The summed E-state index contributed by atoms with van der Waals surface area (Å²) in [4.78, 5) is 25.0. The Morgan fingerprint density at radius 1 is 1.07 bits per heavy atom. The minimum Gasteiger partial charge on any atom is -0.348 e. The van der Waals surface area contributed by atoms with Gasteiger partial charge in [0.05, 0.1) is 12.7 Å². The number of H-pyrrole nitrogens is 2. The molecule has 72 valence electrons. The lowest BCUT2D eigenvalue weighted by atomic mass is 10.1. The van der Waals surface area contributed by atoms with Crippen LogP contribution < -0.4 is 0 Å². The van der Waals surface area contributed by atoms with Crippen molar-refractivity contribution in [2.24, 2.45) is 0 Å². The van der Waals surface area contributed by atoms with E-state index in [1.807, 2.05) is 0 Å². The van der Waals surface area contributed by atoms with E-state index in [-0.39, 0.29) is 5.78 Å². The first-order chi connectivity index (χ1) is 6.84. The summed E-state index contributed by atoms with van der Waals surface area (Å²) in [6, 6.07) is 0. The molecule has 2 aromatic heterocycles. The molecular formula is C9H10N4O. The van der Waals surface area contributed by atoms with E-state index < -0.39 is 0 Å². The number of imidazole rings is 2. The number of carbonyl (C=O) groups is 1. The molecule has 0 aromatic carbocycles. The second kappa shape index (κ2) is 3.87. The Morgan fingerprint density at radius 2 is 1.57 bits per heavy atom. The maximum absolute atomic E-state index is 11.5. The number of nitrogens with zero attached hydrogens (tertiary/aromatic N) is 2. The van der Waals surface area contributed by atoms with E-state index in [0.29, 0.717) is 12.8 Å². The van der Waals surface area contributed by atoms with Crippen LogP contribution in [0.25, 0.3) is 0 Å². The van der Waals surface area contributed by atoms with Crippen molar-refractivity contribution in [1.29, 1.82) is 0 Å². The minimum absolute atomic E-state index is 0.138. The Bertz CT molecular complexity index is 352. The highest BCUT2D eigenvalue weighted by Gasteiger charge is 2.06. The third-order valence-electron chi connectivity index (χ3n) is 1.88. The molecule has 0 aliphatic carbocycles. The fraction of sp³-hybridized carbons (Fsp3) is 0.222. The molecule has 2 N–H and O–H groups in total. The summed E-state index contributed by atoms with van der Waals surface area (Å²) >= 11 is 0. The molecule has 2 rings (SSSR count). The highest BCUT2D eigenvalue weighted by molar-refractivity contribution is 5.82. The lowest BCUT2D eigenvalue weighted by Crippen LogP contribution is -2.06. The second-order valence-corrected chi connectivity index (χ2v) is 3.05. The molecule has 0 aliphatic heterocycles. The summed E-state index contributed by atoms with van der Waals surface area (Å²) in [6.07, 6.45) is 7.23. The van der Waals surface area contributed by atoms with E-state index in [2.05, 4.69) is 19.9 Å². The summed E-state index contributed by atoms with van der Waals surface area (Å²) in [5.41, 5.74) is 1.68. The zero-order valence-corrected chi connectivity index (χ0v) is 7.53. The molecule has 0 saturated carbocycles. The quantitative estimate of drug-likeness (QED) is 0.736. The third-order valence-corrected chi connectivity index (χ3v) is 1.88. The van der Waals surface area contributed by atoms with Crippen molar-refractivity contribution < 1.29 is 4.79 Å². The molecule has 0 radical (unpaired) electrons. The number of aromatic nitrogens is 4. The molecule has 0 fully saturated rings. The van der Waals surface area contributed by atoms with Crippen LogP contribution in [-0.2, 0) is 17.6 Å². The summed E-state index contributed by atoms with van der Waals surface area (Å²) in [5.74, 6) is 0.138. The number of carbonyl (C=O) groups excluding carboxylic acids is 1. The van der Waals surface area contributed by atoms with Gasteiger partial charge in [0.15, 0.2) is 0 Å². The molecule has 0 spiro atoms. The van der Waals surface area contributed by atoms with Crippen molar-refractivity contribution >= 4 is 5.78 Å². The van der Waals surface area contributed by atoms with Crippen LogP contribution in [0, 0.1) is 0 Å². The third kappa shape index (κ3) is 2.07. The SMILES string of the molecule is O=C(Cc1cnc[nH]1)Cc1cnc[nH]1. The lowest BCUT2D eigenvalue weighted by Gasteiger charge is -1.95. The number of ketones is 1. The van der Waals surface area contributed by atoms with Crippen LogP contribution in [0.1, 0.15) is 11.4 Å². The van der Waals surface area contributed by atoms with Crippen molar-refractivity contribution in [3.8, 4) is 0 Å². The Kier molecular flexibility index (Phi) is 2.40. The van der Waals surface area contributed by atoms with Gasteiger partial charge in [0.1, 0.15) is 5.78 Å². The van der Waals surface area contributed by atoms with Gasteiger partial charge in [-0.15, -0.1) is 0 Å². The Hall–Kier alpha value is -1.91. The molecule has 0 bridgehead atoms. The molecule has 0 aliphatic rings. The zero-order valence-electron chi connectivity index (χ0n) is 7.53. The molecule has 0 atom stereocenters. The molecule has 5 heteroatoms. The van der Waals surface area contributed by atoms with E-state index >= 15 is 0 Å². The summed E-state index contributed by atoms with van der Waals surface area (Å²) in [5, 5.41) is 0. The van der Waals surface area contributed by atoms with Crippen LogP contribution in [0.15, 0.2) is 25.0 Å². The van der Waals surface area contributed by atoms with E-state index in [1.165, 1.54) is 0 Å². The van der Waals surface area contributed by atoms with Gasteiger partial charge in [-0.05, 0) is 0 Å². The van der Waals surface area contributed by atoms with Crippen LogP contribution in [0.5, 0.6) is 0 Å². The highest BCUT2D eigenvalue weighted by atomic mass is 16.1. The van der Waals surface area contributed by atoms with Gasteiger partial charge in [-0.1, -0.05) is 0 Å². The predicted molar refractivity (Wildman–Crippen MR) is 49.6 cm³/mol. The predicted octanol–water partition coefficient (Wildman–Crippen LogP) is 0.487. The number of hydrogen-bond acceptors (Lipinski definition) is 3. The fourth-order valence-electron chi connectivity index (χ4n) is 1.25. The zero-order chi connectivity index (χ0) is 9.80. The van der Waals surface area contributed by atoms with Crippen molar-refractivity contribution in [3.05, 3.63) is 36.4 Å². The first kappa shape index (κ1) is 8.68. The van der Waals surface area contributed by atoms with Crippen molar-refractivity contribution in [3.63, 3.8) is 0 Å². The molecule has 0 unspecified atom stereocenters. The summed E-state index contributed by atoms with van der Waals surface area (Å²) in [7, 11) is 0. The van der Waals surface area contributed by atoms with Crippen LogP contribution in [0.4, 0.5) is 0 Å². The monoisotopic (exact) mass is 190 g/mol. The number of nitrogens with one attached hydrogen (secondary N) is 2. The molecular weight excluding hydrogens is 180 g/mol. The smallest absolute Gasteiger partial charge is 0.144 e. The average Bonchev–Trinajstić information content (AvgIpc) is 2.76. The number of rotatable bonds is 4. The molecule has 2 heterocycles. The number of Topliss-reactive ketones (excluding diaryl/α,β-unsaturated/α-hetero) is 1. The van der Waals surface area contributed by atoms with Gasteiger partial charge in [-0.2, -0.15) is 0 Å². The largest absolute Gasteiger partial charge is 0.348 e. The molecule has 5 nitrogen and oxygen atoms in total. The van der Waals surface area contributed by atoms with Gasteiger partial charge in [-0.25, -0.2) is 9.97 Å². The maximum atomic E-state index is 11.5. The number of aromatic amines is 2. The molecule has 14 heavy (non-hydrogen) atoms. The van der Waals surface area contributed by atoms with Gasteiger partial charge < -0.3 is 9.97 Å². The van der Waals surface area contributed by atoms with E-state index in [9.17, 15) is 4.79 Å². The first-order valence-electron chi connectivity index (χ1n) is 4.31. The molecule has 2 aromatic rings. The summed E-state index contributed by atoms with van der Waals surface area (Å²) in [6.45, 7) is 0. The molecule has 0 saturated heterocycles. The topological polar surface area (TPSA) is 74.4 Å². The summed E-state index contributed by atoms with van der Waals surface area (Å²) < 4.78 is 0. The Morgan fingerprint density at radius 3 is 1.93 bits per heavy atom. The standard InChI is InChI=1S/C9H10N4O/c14-9(1-7-3-10-5-12-7)2-8-4-11-6-13-8/h3-6H,1-2H2,(H,10,12)(H,11,13).